The van der Waals surface area contributed by atoms with Crippen LogP contribution in [0.4, 0.5) is 0 Å². The van der Waals surface area contributed by atoms with Crippen molar-refractivity contribution in [3.63, 3.8) is 0 Å². The summed E-state index contributed by atoms with van der Waals surface area (Å²) in [6.07, 6.45) is 45.1. The first-order chi connectivity index (χ1) is 28.3. The topological polar surface area (TPSA) is 68.2 Å². The molecule has 0 radical (unpaired) electrons. The van der Waals surface area contributed by atoms with Crippen LogP contribution in [0.1, 0.15) is 240 Å². The third-order valence-electron chi connectivity index (χ3n) is 11.5. The van der Waals surface area contributed by atoms with Crippen LogP contribution in [-0.2, 0) is 18.5 Å². The van der Waals surface area contributed by atoms with E-state index in [1.54, 1.807) is 0 Å². The van der Waals surface area contributed by atoms with Crippen LogP contribution in [0, 0.1) is 0 Å². The average Bonchev–Trinajstić information content (AvgIpc) is 3.21. The number of hydrogen-bond acceptors (Lipinski definition) is 7. The number of esters is 1. The van der Waals surface area contributed by atoms with Crippen LogP contribution in [0.3, 0.4) is 0 Å². The van der Waals surface area contributed by atoms with Gasteiger partial charge < -0.3 is 23.7 Å². The van der Waals surface area contributed by atoms with Gasteiger partial charge in [-0.05, 0) is 114 Å². The number of unbranched alkanes of at least 4 members (excludes halogenated alkanes) is 24. The molecular weight excluding hydrogens is 759 g/mol. The van der Waals surface area contributed by atoms with Gasteiger partial charge >= 0.3 is 5.97 Å². The number of aliphatic hydroxyl groups excluding tert-OH is 1. The second kappa shape index (κ2) is 45.0. The maximum absolute atomic E-state index is 12.9. The molecule has 1 N–H and O–H groups in total. The first kappa shape index (κ1) is 58.0. The molecule has 8 heteroatoms. The molecule has 0 aliphatic carbocycles. The van der Waals surface area contributed by atoms with E-state index in [1.807, 2.05) is 11.8 Å². The molecule has 0 fully saturated rings. The van der Waals surface area contributed by atoms with Crippen LogP contribution in [0.5, 0.6) is 0 Å². The molecule has 350 valence electrons. The molecule has 0 aromatic carbocycles. The van der Waals surface area contributed by atoms with Crippen LogP contribution in [-0.4, -0.2) is 91.0 Å². The Morgan fingerprint density at radius 2 is 1.00 bits per heavy atom. The molecule has 0 aliphatic rings. The lowest BCUT2D eigenvalue weighted by atomic mass is 10.1. The first-order valence-corrected chi connectivity index (χ1v) is 29.0. The van der Waals surface area contributed by atoms with Crippen molar-refractivity contribution in [2.24, 2.45) is 0 Å². The molecule has 0 saturated carbocycles. The standard InChI is InChI=1S/C50H103NO5S2/c1-7-11-15-18-20-21-27-36-46-57-48(38-14-10-4)50(53)55-45-35-26-24-31-41-51(42-32-33-43-52)40-30-23-25-34-44-54-49(39-29-22-17-13-9-3)56-58(5,6)47-37-28-19-16-12-8-2/h48-49,52H,7-47H2,1-6H3. The highest BCUT2D eigenvalue weighted by molar-refractivity contribution is 8.28. The van der Waals surface area contributed by atoms with Crippen LogP contribution >= 0.6 is 22.1 Å². The number of carbonyl (C=O) groups is 1. The van der Waals surface area contributed by atoms with E-state index in [9.17, 15) is 9.90 Å². The van der Waals surface area contributed by atoms with Crippen molar-refractivity contribution < 1.29 is 23.6 Å². The van der Waals surface area contributed by atoms with E-state index in [4.69, 9.17) is 13.7 Å². The molecule has 0 spiro atoms. The molecule has 0 heterocycles. The summed E-state index contributed by atoms with van der Waals surface area (Å²) in [5, 5.41) is 9.39. The SMILES string of the molecule is CCCCCCCCCCSC(CCCC)C(=O)OCCCCCCN(CCCCO)CCCCCCOC(CCCCCCC)OS(C)(C)CCCCCCCC. The van der Waals surface area contributed by atoms with Gasteiger partial charge in [0.1, 0.15) is 5.25 Å². The molecule has 0 aromatic heterocycles. The summed E-state index contributed by atoms with van der Waals surface area (Å²) in [4.78, 5) is 15.5. The lowest BCUT2D eigenvalue weighted by Gasteiger charge is -2.35. The molecule has 0 bridgehead atoms. The summed E-state index contributed by atoms with van der Waals surface area (Å²) in [7, 11) is -1.09. The fourth-order valence-corrected chi connectivity index (χ4v) is 10.5. The van der Waals surface area contributed by atoms with Crippen molar-refractivity contribution in [3.05, 3.63) is 0 Å². The lowest BCUT2D eigenvalue weighted by molar-refractivity contribution is -0.143. The van der Waals surface area contributed by atoms with Crippen LogP contribution in [0.2, 0.25) is 0 Å². The summed E-state index contributed by atoms with van der Waals surface area (Å²) < 4.78 is 19.0. The zero-order valence-corrected chi connectivity index (χ0v) is 41.6. The van der Waals surface area contributed by atoms with E-state index in [0.29, 0.717) is 6.61 Å². The van der Waals surface area contributed by atoms with Gasteiger partial charge in [0.15, 0.2) is 6.29 Å². The molecule has 0 saturated heterocycles. The van der Waals surface area contributed by atoms with Gasteiger partial charge in [-0.3, -0.25) is 4.79 Å². The molecule has 0 rings (SSSR count). The zero-order chi connectivity index (χ0) is 42.6. The van der Waals surface area contributed by atoms with Gasteiger partial charge in [0.25, 0.3) is 0 Å². The van der Waals surface area contributed by atoms with Crippen molar-refractivity contribution in [2.75, 3.05) is 63.5 Å². The quantitative estimate of drug-likeness (QED) is 0.0371. The summed E-state index contributed by atoms with van der Waals surface area (Å²) >= 11 is 1.84. The van der Waals surface area contributed by atoms with Crippen molar-refractivity contribution in [2.45, 2.75) is 251 Å². The smallest absolute Gasteiger partial charge is 0.319 e. The normalized spacial score (nSPS) is 13.4. The van der Waals surface area contributed by atoms with Crippen molar-refractivity contribution in [3.8, 4) is 0 Å². The van der Waals surface area contributed by atoms with Gasteiger partial charge in [-0.1, -0.05) is 169 Å². The Balaban J connectivity index is 4.43. The molecule has 0 amide bonds. The molecule has 6 nitrogen and oxygen atoms in total. The number of thioether (sulfide) groups is 1. The Labute approximate surface area is 369 Å². The molecule has 58 heavy (non-hydrogen) atoms. The van der Waals surface area contributed by atoms with Gasteiger partial charge in [0.05, 0.1) is 6.61 Å². The van der Waals surface area contributed by atoms with Crippen LogP contribution in [0.15, 0.2) is 0 Å². The third kappa shape index (κ3) is 40.1. The van der Waals surface area contributed by atoms with Crippen molar-refractivity contribution in [1.82, 2.24) is 4.90 Å². The summed E-state index contributed by atoms with van der Waals surface area (Å²) in [5.41, 5.74) is 0. The third-order valence-corrected chi connectivity index (χ3v) is 14.8. The maximum Gasteiger partial charge on any atom is 0.319 e. The minimum atomic E-state index is -1.09. The molecule has 2 unspecified atom stereocenters. The van der Waals surface area contributed by atoms with E-state index in [1.165, 1.54) is 160 Å². The summed E-state index contributed by atoms with van der Waals surface area (Å²) in [6.45, 7) is 14.0. The molecule has 2 atom stereocenters. The maximum atomic E-state index is 12.9. The van der Waals surface area contributed by atoms with Gasteiger partial charge in [-0.25, -0.2) is 0 Å². The molecule has 0 aromatic rings. The Morgan fingerprint density at radius 1 is 0.534 bits per heavy atom. The Morgan fingerprint density at radius 3 is 1.57 bits per heavy atom. The minimum absolute atomic E-state index is 0.0124. The fourth-order valence-electron chi connectivity index (χ4n) is 7.61. The Hall–Kier alpha value is 0.01000. The first-order valence-electron chi connectivity index (χ1n) is 25.5. The number of nitrogens with zero attached hydrogens (tertiary/aromatic N) is 1. The fraction of sp³-hybridized carbons (Fsp3) is 0.980. The number of hydrogen-bond donors (Lipinski definition) is 1. The second-order valence-electron chi connectivity index (χ2n) is 17.8. The molecule has 0 aliphatic heterocycles. The second-order valence-corrected chi connectivity index (χ2v) is 22.5. The summed E-state index contributed by atoms with van der Waals surface area (Å²) in [5.74, 6) is 2.29. The van der Waals surface area contributed by atoms with Crippen LogP contribution < -0.4 is 0 Å². The van der Waals surface area contributed by atoms with Crippen molar-refractivity contribution >= 4 is 28.0 Å². The van der Waals surface area contributed by atoms with Gasteiger partial charge in [-0.2, -0.15) is 0 Å². The predicted molar refractivity (Wildman–Crippen MR) is 261 cm³/mol. The van der Waals surface area contributed by atoms with Crippen molar-refractivity contribution in [1.29, 1.82) is 0 Å². The van der Waals surface area contributed by atoms with E-state index in [-0.39, 0.29) is 24.1 Å². The monoisotopic (exact) mass is 862 g/mol. The predicted octanol–water partition coefficient (Wildman–Crippen LogP) is 15.2. The van der Waals surface area contributed by atoms with Gasteiger partial charge in [-0.15, -0.1) is 22.1 Å². The van der Waals surface area contributed by atoms with E-state index < -0.39 is 10.3 Å². The van der Waals surface area contributed by atoms with Gasteiger partial charge in [0.2, 0.25) is 0 Å². The Kier molecular flexibility index (Phi) is 45.1. The molecular formula is C50H103NO5S2. The number of carbonyl (C=O) groups excluding carboxylic acids is 1. The lowest BCUT2D eigenvalue weighted by Crippen LogP contribution is -2.27. The highest BCUT2D eigenvalue weighted by Gasteiger charge is 2.21. The number of rotatable bonds is 48. The largest absolute Gasteiger partial charge is 0.465 e. The average molecular weight is 863 g/mol. The Bertz CT molecular complexity index is 834. The van der Waals surface area contributed by atoms with E-state index >= 15 is 0 Å². The summed E-state index contributed by atoms with van der Waals surface area (Å²) in [6, 6.07) is 0. The number of ether oxygens (including phenoxy) is 2. The van der Waals surface area contributed by atoms with Crippen LogP contribution in [0.25, 0.3) is 0 Å². The highest BCUT2D eigenvalue weighted by Crippen LogP contribution is 2.44. The highest BCUT2D eigenvalue weighted by atomic mass is 32.3. The number of aliphatic hydroxyl groups is 1. The van der Waals surface area contributed by atoms with Gasteiger partial charge in [0, 0.05) is 13.2 Å². The zero-order valence-electron chi connectivity index (χ0n) is 40.0. The van der Waals surface area contributed by atoms with E-state index in [0.717, 1.165) is 89.8 Å². The van der Waals surface area contributed by atoms with E-state index in [2.05, 4.69) is 45.1 Å². The minimum Gasteiger partial charge on any atom is -0.465 e.